The van der Waals surface area contributed by atoms with E-state index < -0.39 is 10.0 Å². The molecule has 1 rings (SSSR count). The summed E-state index contributed by atoms with van der Waals surface area (Å²) in [5, 5.41) is 9.20. The third kappa shape index (κ3) is 3.41. The predicted octanol–water partition coefficient (Wildman–Crippen LogP) is 2.79. The molecule has 0 radical (unpaired) electrons. The second-order valence-corrected chi connectivity index (χ2v) is 6.45. The Morgan fingerprint density at radius 1 is 1.33 bits per heavy atom. The second kappa shape index (κ2) is 4.78. The lowest BCUT2D eigenvalue weighted by Gasteiger charge is -2.07. The Balaban J connectivity index is 3.08. The van der Waals surface area contributed by atoms with Gasteiger partial charge in [0.25, 0.3) is 0 Å². The molecule has 1 aromatic carbocycles. The average Bonchev–Trinajstić information content (AvgIpc) is 2.13. The van der Waals surface area contributed by atoms with Crippen molar-refractivity contribution in [1.82, 2.24) is 0 Å². The van der Waals surface area contributed by atoms with E-state index in [9.17, 15) is 13.5 Å². The molecule has 0 bridgehead atoms. The Labute approximate surface area is 105 Å². The number of hydrogen-bond acceptors (Lipinski definition) is 3. The van der Waals surface area contributed by atoms with Crippen LogP contribution in [0.5, 0.6) is 5.75 Å². The van der Waals surface area contributed by atoms with E-state index in [2.05, 4.69) is 20.7 Å². The van der Waals surface area contributed by atoms with E-state index in [1.165, 1.54) is 12.1 Å². The fourth-order valence-corrected chi connectivity index (χ4v) is 2.19. The monoisotopic (exact) mass is 333 g/mol. The molecule has 0 saturated heterocycles. The van der Waals surface area contributed by atoms with E-state index in [0.29, 0.717) is 0 Å². The van der Waals surface area contributed by atoms with Gasteiger partial charge in [0.05, 0.1) is 15.7 Å². The first kappa shape index (κ1) is 12.9. The number of phenolic OH excluding ortho intramolecular Hbond substituents is 1. The molecule has 4 nitrogen and oxygen atoms in total. The minimum absolute atomic E-state index is 0.0187. The summed E-state index contributed by atoms with van der Waals surface area (Å²) in [4.78, 5) is 0. The fourth-order valence-electron chi connectivity index (χ4n) is 0.831. The number of sulfonamides is 1. The highest BCUT2D eigenvalue weighted by molar-refractivity contribution is 9.10. The predicted molar refractivity (Wildman–Crippen MR) is 64.5 cm³/mol. The van der Waals surface area contributed by atoms with E-state index >= 15 is 0 Å². The minimum atomic E-state index is -3.45. The van der Waals surface area contributed by atoms with Crippen molar-refractivity contribution in [2.75, 3.05) is 9.38 Å². The number of alkyl halides is 1. The molecule has 0 fully saturated rings. The molecule has 84 valence electrons. The maximum Gasteiger partial charge on any atom is 0.242 e. The van der Waals surface area contributed by atoms with Crippen molar-refractivity contribution in [3.05, 3.63) is 22.2 Å². The summed E-state index contributed by atoms with van der Waals surface area (Å²) in [6.07, 6.45) is 0. The zero-order valence-corrected chi connectivity index (χ0v) is 11.1. The molecule has 1 aromatic rings. The summed E-state index contributed by atoms with van der Waals surface area (Å²) in [6, 6.07) is 2.53. The van der Waals surface area contributed by atoms with Gasteiger partial charge in [-0.2, -0.15) is 0 Å². The Morgan fingerprint density at radius 3 is 2.20 bits per heavy atom. The van der Waals surface area contributed by atoms with Crippen molar-refractivity contribution in [1.29, 1.82) is 0 Å². The van der Waals surface area contributed by atoms with Crippen LogP contribution in [0.25, 0.3) is 0 Å². The standard InChI is InChI=1S/C7H6BrCl2NO3S/c8-3-15(13,14)11-4-1-5(9)7(12)6(10)2-4/h1-2,11-12H,3H2. The first-order valence-corrected chi connectivity index (χ1v) is 7.13. The number of aromatic hydroxyl groups is 1. The Bertz CT molecular complexity index is 454. The number of rotatable bonds is 3. The van der Waals surface area contributed by atoms with Gasteiger partial charge in [-0.1, -0.05) is 39.1 Å². The molecule has 0 unspecified atom stereocenters. The van der Waals surface area contributed by atoms with E-state index in [4.69, 9.17) is 23.2 Å². The van der Waals surface area contributed by atoms with Crippen LogP contribution in [0.15, 0.2) is 12.1 Å². The van der Waals surface area contributed by atoms with Gasteiger partial charge >= 0.3 is 0 Å². The Kier molecular flexibility index (Phi) is 4.11. The lowest BCUT2D eigenvalue weighted by Crippen LogP contribution is -2.13. The highest BCUT2D eigenvalue weighted by atomic mass is 79.9. The van der Waals surface area contributed by atoms with Gasteiger partial charge in [-0.3, -0.25) is 4.72 Å². The van der Waals surface area contributed by atoms with Crippen molar-refractivity contribution in [3.63, 3.8) is 0 Å². The summed E-state index contributed by atoms with van der Waals surface area (Å²) >= 11 is 14.0. The molecule has 0 aromatic heterocycles. The molecule has 0 aliphatic heterocycles. The number of anilines is 1. The topological polar surface area (TPSA) is 66.4 Å². The smallest absolute Gasteiger partial charge is 0.242 e. The number of benzene rings is 1. The van der Waals surface area contributed by atoms with Gasteiger partial charge < -0.3 is 5.11 Å². The number of halogens is 3. The lowest BCUT2D eigenvalue weighted by molar-refractivity contribution is 0.476. The van der Waals surface area contributed by atoms with Gasteiger partial charge in [-0.05, 0) is 12.1 Å². The molecule has 8 heteroatoms. The average molecular weight is 335 g/mol. The summed E-state index contributed by atoms with van der Waals surface area (Å²) in [5.74, 6) is -0.278. The summed E-state index contributed by atoms with van der Waals surface area (Å²) in [7, 11) is -3.45. The fraction of sp³-hybridized carbons (Fsp3) is 0.143. The minimum Gasteiger partial charge on any atom is -0.505 e. The lowest BCUT2D eigenvalue weighted by atomic mass is 10.3. The molecular weight excluding hydrogens is 329 g/mol. The number of phenols is 1. The quantitative estimate of drug-likeness (QED) is 0.659. The first-order valence-electron chi connectivity index (χ1n) is 3.60. The third-order valence-corrected chi connectivity index (χ3v) is 4.65. The van der Waals surface area contributed by atoms with Gasteiger partial charge in [-0.25, -0.2) is 8.42 Å². The van der Waals surface area contributed by atoms with Crippen LogP contribution in [0, 0.1) is 0 Å². The van der Waals surface area contributed by atoms with Gasteiger partial charge in [0.2, 0.25) is 10.0 Å². The van der Waals surface area contributed by atoms with E-state index in [0.717, 1.165) is 0 Å². The van der Waals surface area contributed by atoms with Crippen molar-refractivity contribution < 1.29 is 13.5 Å². The first-order chi connectivity index (χ1) is 6.85. The maximum absolute atomic E-state index is 11.2. The normalized spacial score (nSPS) is 11.4. The SMILES string of the molecule is O=S(=O)(CBr)Nc1cc(Cl)c(O)c(Cl)c1. The van der Waals surface area contributed by atoms with Gasteiger partial charge in [0, 0.05) is 0 Å². The molecule has 0 amide bonds. The van der Waals surface area contributed by atoms with Gasteiger partial charge in [0.1, 0.15) is 4.66 Å². The Morgan fingerprint density at radius 2 is 1.80 bits per heavy atom. The van der Waals surface area contributed by atoms with Crippen LogP contribution in [0.1, 0.15) is 0 Å². The van der Waals surface area contributed by atoms with Crippen molar-refractivity contribution in [3.8, 4) is 5.75 Å². The van der Waals surface area contributed by atoms with E-state index in [1.54, 1.807) is 0 Å². The van der Waals surface area contributed by atoms with Gasteiger partial charge in [0.15, 0.2) is 5.75 Å². The van der Waals surface area contributed by atoms with Gasteiger partial charge in [-0.15, -0.1) is 0 Å². The largest absolute Gasteiger partial charge is 0.505 e. The zero-order chi connectivity index (χ0) is 11.6. The van der Waals surface area contributed by atoms with Crippen LogP contribution < -0.4 is 4.72 Å². The summed E-state index contributed by atoms with van der Waals surface area (Å²) < 4.78 is 24.3. The maximum atomic E-state index is 11.2. The molecular formula is C7H6BrCl2NO3S. The number of nitrogens with one attached hydrogen (secondary N) is 1. The van der Waals surface area contributed by atoms with Crippen LogP contribution in [-0.2, 0) is 10.0 Å². The summed E-state index contributed by atoms with van der Waals surface area (Å²) in [5.41, 5.74) is 0.197. The van der Waals surface area contributed by atoms with Crippen LogP contribution >= 0.6 is 39.1 Å². The van der Waals surface area contributed by atoms with Crippen LogP contribution in [0.3, 0.4) is 0 Å². The Hall–Kier alpha value is -0.170. The van der Waals surface area contributed by atoms with Crippen molar-refractivity contribution in [2.24, 2.45) is 0 Å². The van der Waals surface area contributed by atoms with Crippen LogP contribution in [0.2, 0.25) is 10.0 Å². The number of hydrogen-bond donors (Lipinski definition) is 2. The molecule has 0 aliphatic rings. The molecule has 0 saturated carbocycles. The van der Waals surface area contributed by atoms with Crippen LogP contribution in [0.4, 0.5) is 5.69 Å². The summed E-state index contributed by atoms with van der Waals surface area (Å²) in [6.45, 7) is 0. The zero-order valence-electron chi connectivity index (χ0n) is 7.17. The molecule has 0 spiro atoms. The molecule has 0 aliphatic carbocycles. The molecule has 0 heterocycles. The van der Waals surface area contributed by atoms with E-state index in [-0.39, 0.29) is 26.1 Å². The second-order valence-electron chi connectivity index (χ2n) is 2.61. The molecule has 2 N–H and O–H groups in total. The highest BCUT2D eigenvalue weighted by Gasteiger charge is 2.11. The third-order valence-electron chi connectivity index (χ3n) is 1.43. The van der Waals surface area contributed by atoms with Crippen LogP contribution in [-0.4, -0.2) is 18.2 Å². The van der Waals surface area contributed by atoms with Crippen molar-refractivity contribution in [2.45, 2.75) is 0 Å². The molecule has 0 atom stereocenters. The van der Waals surface area contributed by atoms with E-state index in [1.807, 2.05) is 0 Å². The highest BCUT2D eigenvalue weighted by Crippen LogP contribution is 2.34. The molecule has 15 heavy (non-hydrogen) atoms. The van der Waals surface area contributed by atoms with Crippen molar-refractivity contribution >= 4 is 54.8 Å².